The Labute approximate surface area is 127 Å². The first-order chi connectivity index (χ1) is 9.88. The maximum Gasteiger partial charge on any atom is 0.0641 e. The minimum Gasteiger partial charge on any atom is -0.377 e. The lowest BCUT2D eigenvalue weighted by Crippen LogP contribution is -2.27. The summed E-state index contributed by atoms with van der Waals surface area (Å²) in [4.78, 5) is 6.83. The van der Waals surface area contributed by atoms with E-state index >= 15 is 0 Å². The summed E-state index contributed by atoms with van der Waals surface area (Å²) in [6.45, 7) is 6.27. The van der Waals surface area contributed by atoms with Crippen LogP contribution in [0.15, 0.2) is 47.0 Å². The topological polar surface area (TPSA) is 41.6 Å². The molecule has 2 rings (SSSR count). The predicted octanol–water partition coefficient (Wildman–Crippen LogP) is 3.61. The summed E-state index contributed by atoms with van der Waals surface area (Å²) in [5.74, 6) is 0.321. The fraction of sp³-hybridized carbons (Fsp3) is 0.389. The maximum atomic E-state index is 5.98. The highest BCUT2D eigenvalue weighted by Gasteiger charge is 2.16. The SMILES string of the molecule is CC1=CC(=Nc2ccc(N(C)C)c(C)c2)C=CC1C(C)N. The molecule has 1 aliphatic rings. The molecule has 0 saturated carbocycles. The van der Waals surface area contributed by atoms with E-state index in [1.807, 2.05) is 6.92 Å². The van der Waals surface area contributed by atoms with Crippen molar-refractivity contribution >= 4 is 17.1 Å². The van der Waals surface area contributed by atoms with Crippen molar-refractivity contribution in [3.8, 4) is 0 Å². The van der Waals surface area contributed by atoms with Crippen LogP contribution in [0, 0.1) is 12.8 Å². The molecule has 0 aliphatic heterocycles. The molecule has 0 aromatic heterocycles. The molecule has 2 N–H and O–H groups in total. The van der Waals surface area contributed by atoms with Crippen LogP contribution in [0.4, 0.5) is 11.4 Å². The second-order valence-corrected chi connectivity index (χ2v) is 6.03. The number of nitrogens with zero attached hydrogens (tertiary/aromatic N) is 2. The summed E-state index contributed by atoms with van der Waals surface area (Å²) in [5, 5.41) is 0. The quantitative estimate of drug-likeness (QED) is 0.920. The third-order valence-electron chi connectivity index (χ3n) is 3.86. The smallest absolute Gasteiger partial charge is 0.0641 e. The molecular weight excluding hydrogens is 258 g/mol. The molecule has 2 atom stereocenters. The van der Waals surface area contributed by atoms with Crippen LogP contribution < -0.4 is 10.6 Å². The zero-order valence-corrected chi connectivity index (χ0v) is 13.6. The Morgan fingerprint density at radius 3 is 2.48 bits per heavy atom. The summed E-state index contributed by atoms with van der Waals surface area (Å²) in [5.41, 5.74) is 11.7. The summed E-state index contributed by atoms with van der Waals surface area (Å²) in [6.07, 6.45) is 6.35. The number of allylic oxidation sites excluding steroid dienone is 2. The Morgan fingerprint density at radius 2 is 1.95 bits per heavy atom. The van der Waals surface area contributed by atoms with Crippen molar-refractivity contribution in [2.24, 2.45) is 16.6 Å². The number of hydrogen-bond acceptors (Lipinski definition) is 3. The molecule has 1 aromatic carbocycles. The Kier molecular flexibility index (Phi) is 4.63. The van der Waals surface area contributed by atoms with Gasteiger partial charge in [0.2, 0.25) is 0 Å². The van der Waals surface area contributed by atoms with Gasteiger partial charge in [0.15, 0.2) is 0 Å². The Hall–Kier alpha value is -1.87. The van der Waals surface area contributed by atoms with Crippen molar-refractivity contribution in [3.05, 3.63) is 47.6 Å². The van der Waals surface area contributed by atoms with Crippen LogP contribution in [-0.4, -0.2) is 25.8 Å². The molecule has 0 spiro atoms. The molecule has 0 amide bonds. The second kappa shape index (κ2) is 6.27. The first kappa shape index (κ1) is 15.5. The van der Waals surface area contributed by atoms with E-state index < -0.39 is 0 Å². The van der Waals surface area contributed by atoms with Crippen molar-refractivity contribution in [2.45, 2.75) is 26.8 Å². The number of aliphatic imine (C=N–C) groups is 1. The molecule has 3 heteroatoms. The Morgan fingerprint density at radius 1 is 1.24 bits per heavy atom. The van der Waals surface area contributed by atoms with Crippen LogP contribution in [0.25, 0.3) is 0 Å². The van der Waals surface area contributed by atoms with E-state index in [-0.39, 0.29) is 6.04 Å². The van der Waals surface area contributed by atoms with Crippen LogP contribution in [-0.2, 0) is 0 Å². The highest BCUT2D eigenvalue weighted by Crippen LogP contribution is 2.25. The number of anilines is 1. The molecule has 0 heterocycles. The number of hydrogen-bond donors (Lipinski definition) is 1. The van der Waals surface area contributed by atoms with Crippen LogP contribution in [0.3, 0.4) is 0 Å². The standard InChI is InChI=1S/C18H25N3/c1-12-10-15(6-8-17(12)14(3)19)20-16-7-9-18(21(4)5)13(2)11-16/h6-11,14,17H,19H2,1-5H3. The van der Waals surface area contributed by atoms with Gasteiger partial charge in [-0.1, -0.05) is 11.6 Å². The molecule has 0 radical (unpaired) electrons. The van der Waals surface area contributed by atoms with Crippen LogP contribution in [0.1, 0.15) is 19.4 Å². The van der Waals surface area contributed by atoms with Gasteiger partial charge in [0, 0.05) is 31.7 Å². The number of nitrogens with two attached hydrogens (primary N) is 1. The van der Waals surface area contributed by atoms with E-state index in [2.05, 4.69) is 69.3 Å². The highest BCUT2D eigenvalue weighted by molar-refractivity contribution is 6.06. The van der Waals surface area contributed by atoms with Crippen molar-refractivity contribution in [3.63, 3.8) is 0 Å². The van der Waals surface area contributed by atoms with Gasteiger partial charge >= 0.3 is 0 Å². The number of benzene rings is 1. The molecule has 112 valence electrons. The molecule has 21 heavy (non-hydrogen) atoms. The lowest BCUT2D eigenvalue weighted by Gasteiger charge is -2.21. The van der Waals surface area contributed by atoms with Gasteiger partial charge < -0.3 is 10.6 Å². The zero-order valence-electron chi connectivity index (χ0n) is 13.6. The van der Waals surface area contributed by atoms with Gasteiger partial charge in [-0.05, 0) is 56.7 Å². The molecule has 3 nitrogen and oxygen atoms in total. The summed E-state index contributed by atoms with van der Waals surface area (Å²) < 4.78 is 0. The Bertz CT molecular complexity index is 607. The third kappa shape index (κ3) is 3.61. The van der Waals surface area contributed by atoms with E-state index in [0.717, 1.165) is 11.4 Å². The van der Waals surface area contributed by atoms with E-state index in [0.29, 0.717) is 5.92 Å². The largest absolute Gasteiger partial charge is 0.377 e. The lowest BCUT2D eigenvalue weighted by atomic mass is 9.89. The average Bonchev–Trinajstić information content (AvgIpc) is 2.37. The van der Waals surface area contributed by atoms with Crippen LogP contribution in [0.5, 0.6) is 0 Å². The predicted molar refractivity (Wildman–Crippen MR) is 92.6 cm³/mol. The summed E-state index contributed by atoms with van der Waals surface area (Å²) >= 11 is 0. The van der Waals surface area contributed by atoms with Gasteiger partial charge in [-0.15, -0.1) is 0 Å². The van der Waals surface area contributed by atoms with E-state index in [9.17, 15) is 0 Å². The van der Waals surface area contributed by atoms with E-state index in [1.54, 1.807) is 0 Å². The number of aryl methyl sites for hydroxylation is 1. The van der Waals surface area contributed by atoms with Gasteiger partial charge in [-0.2, -0.15) is 0 Å². The molecule has 2 unspecified atom stereocenters. The summed E-state index contributed by atoms with van der Waals surface area (Å²) in [7, 11) is 4.11. The van der Waals surface area contributed by atoms with Crippen LogP contribution in [0.2, 0.25) is 0 Å². The van der Waals surface area contributed by atoms with E-state index in [1.165, 1.54) is 16.8 Å². The van der Waals surface area contributed by atoms with Crippen molar-refractivity contribution in [1.29, 1.82) is 0 Å². The normalized spacial score (nSPS) is 21.3. The molecule has 0 saturated heterocycles. The summed E-state index contributed by atoms with van der Waals surface area (Å²) in [6, 6.07) is 6.43. The van der Waals surface area contributed by atoms with Crippen molar-refractivity contribution < 1.29 is 0 Å². The van der Waals surface area contributed by atoms with Gasteiger partial charge in [-0.3, -0.25) is 0 Å². The van der Waals surface area contributed by atoms with Gasteiger partial charge in [0.1, 0.15) is 0 Å². The average molecular weight is 283 g/mol. The van der Waals surface area contributed by atoms with Gasteiger partial charge in [-0.25, -0.2) is 4.99 Å². The molecule has 0 fully saturated rings. The van der Waals surface area contributed by atoms with Gasteiger partial charge in [0.25, 0.3) is 0 Å². The van der Waals surface area contributed by atoms with Crippen molar-refractivity contribution in [2.75, 3.05) is 19.0 Å². The first-order valence-electron chi connectivity index (χ1n) is 7.37. The minimum atomic E-state index is 0.140. The fourth-order valence-electron chi connectivity index (χ4n) is 2.75. The zero-order chi connectivity index (χ0) is 15.6. The Balaban J connectivity index is 2.26. The molecular formula is C18H25N3. The fourth-order valence-corrected chi connectivity index (χ4v) is 2.75. The number of rotatable bonds is 3. The highest BCUT2D eigenvalue weighted by atomic mass is 15.1. The van der Waals surface area contributed by atoms with Crippen molar-refractivity contribution in [1.82, 2.24) is 0 Å². The second-order valence-electron chi connectivity index (χ2n) is 6.03. The first-order valence-corrected chi connectivity index (χ1v) is 7.37. The van der Waals surface area contributed by atoms with Gasteiger partial charge in [0.05, 0.1) is 11.4 Å². The molecule has 0 bridgehead atoms. The molecule has 1 aromatic rings. The minimum absolute atomic E-state index is 0.140. The monoisotopic (exact) mass is 283 g/mol. The lowest BCUT2D eigenvalue weighted by molar-refractivity contribution is 0.604. The van der Waals surface area contributed by atoms with E-state index in [4.69, 9.17) is 10.7 Å². The molecule has 1 aliphatic carbocycles. The van der Waals surface area contributed by atoms with Crippen LogP contribution >= 0.6 is 0 Å². The third-order valence-corrected chi connectivity index (χ3v) is 3.86. The maximum absolute atomic E-state index is 5.98.